The van der Waals surface area contributed by atoms with E-state index in [2.05, 4.69) is 9.97 Å². The van der Waals surface area contributed by atoms with Gasteiger partial charge in [0.2, 0.25) is 11.1 Å². The maximum absolute atomic E-state index is 11.1. The van der Waals surface area contributed by atoms with Crippen LogP contribution in [0.4, 0.5) is 11.5 Å². The van der Waals surface area contributed by atoms with Gasteiger partial charge in [-0.05, 0) is 36.6 Å². The fourth-order valence-corrected chi connectivity index (χ4v) is 2.15. The number of hydrogen-bond donors (Lipinski definition) is 0. The highest BCUT2D eigenvalue weighted by Gasteiger charge is 2.35. The van der Waals surface area contributed by atoms with Crippen LogP contribution in [-0.2, 0) is 6.54 Å². The number of halogens is 1. The molecule has 8 heteroatoms. The summed E-state index contributed by atoms with van der Waals surface area (Å²) in [6, 6.07) is 3.83. The second kappa shape index (κ2) is 5.09. The molecule has 1 aliphatic rings. The Balaban J connectivity index is 1.98. The van der Waals surface area contributed by atoms with E-state index in [-0.39, 0.29) is 22.8 Å². The molecular weight excluding hydrogens is 284 g/mol. The van der Waals surface area contributed by atoms with Crippen LogP contribution < -0.4 is 4.90 Å². The van der Waals surface area contributed by atoms with Gasteiger partial charge in [0.1, 0.15) is 12.0 Å². The highest BCUT2D eigenvalue weighted by molar-refractivity contribution is 6.28. The van der Waals surface area contributed by atoms with Gasteiger partial charge in [0.05, 0.1) is 17.7 Å². The minimum atomic E-state index is -0.497. The molecule has 0 spiro atoms. The van der Waals surface area contributed by atoms with Crippen molar-refractivity contribution in [3.05, 3.63) is 45.8 Å². The van der Waals surface area contributed by atoms with Gasteiger partial charge in [-0.15, -0.1) is 0 Å². The van der Waals surface area contributed by atoms with Gasteiger partial charge in [0.25, 0.3) is 0 Å². The van der Waals surface area contributed by atoms with Crippen molar-refractivity contribution < 1.29 is 9.34 Å². The van der Waals surface area contributed by atoms with Crippen LogP contribution in [-0.4, -0.2) is 20.9 Å². The predicted molar refractivity (Wildman–Crippen MR) is 71.6 cm³/mol. The summed E-state index contributed by atoms with van der Waals surface area (Å²) >= 11 is 5.78. The third-order valence-electron chi connectivity index (χ3n) is 3.08. The van der Waals surface area contributed by atoms with Crippen LogP contribution in [0.2, 0.25) is 5.28 Å². The van der Waals surface area contributed by atoms with Crippen molar-refractivity contribution in [3.63, 3.8) is 0 Å². The molecule has 0 aliphatic heterocycles. The zero-order chi connectivity index (χ0) is 14.1. The number of furan rings is 1. The summed E-state index contributed by atoms with van der Waals surface area (Å²) in [6.07, 6.45) is 4.66. The minimum Gasteiger partial charge on any atom is -0.467 e. The maximum atomic E-state index is 11.1. The SMILES string of the molecule is O=[N+]([O-])c1cnc(Cl)nc1N(Cc1ccco1)C1CC1. The second-order valence-corrected chi connectivity index (χ2v) is 4.88. The van der Waals surface area contributed by atoms with Crippen LogP contribution in [0.25, 0.3) is 0 Å². The van der Waals surface area contributed by atoms with E-state index in [0.29, 0.717) is 6.54 Å². The monoisotopic (exact) mass is 294 g/mol. The molecule has 7 nitrogen and oxygen atoms in total. The fraction of sp³-hybridized carbons (Fsp3) is 0.333. The topological polar surface area (TPSA) is 85.3 Å². The number of nitrogens with zero attached hydrogens (tertiary/aromatic N) is 4. The Labute approximate surface area is 119 Å². The Morgan fingerprint density at radius 1 is 1.55 bits per heavy atom. The quantitative estimate of drug-likeness (QED) is 0.479. The summed E-state index contributed by atoms with van der Waals surface area (Å²) < 4.78 is 5.31. The Bertz CT molecular complexity index is 628. The first-order valence-electron chi connectivity index (χ1n) is 6.11. The van der Waals surface area contributed by atoms with Gasteiger partial charge in [-0.25, -0.2) is 4.98 Å². The standard InChI is InChI=1S/C12H11ClN4O3/c13-12-14-6-10(17(18)19)11(15-12)16(8-3-4-8)7-9-2-1-5-20-9/h1-2,5-6,8H,3-4,7H2. The van der Waals surface area contributed by atoms with Crippen molar-refractivity contribution in [1.29, 1.82) is 0 Å². The number of rotatable bonds is 5. The third kappa shape index (κ3) is 2.57. The van der Waals surface area contributed by atoms with Crippen LogP contribution in [0.15, 0.2) is 29.0 Å². The molecule has 0 unspecified atom stereocenters. The van der Waals surface area contributed by atoms with Crippen molar-refractivity contribution in [2.24, 2.45) is 0 Å². The van der Waals surface area contributed by atoms with Crippen molar-refractivity contribution in [2.75, 3.05) is 4.90 Å². The largest absolute Gasteiger partial charge is 0.467 e. The lowest BCUT2D eigenvalue weighted by atomic mass is 10.3. The van der Waals surface area contributed by atoms with E-state index in [1.165, 1.54) is 0 Å². The molecule has 0 saturated heterocycles. The molecule has 0 bridgehead atoms. The van der Waals surface area contributed by atoms with Crippen LogP contribution in [0, 0.1) is 10.1 Å². The predicted octanol–water partition coefficient (Wildman–Crippen LogP) is 2.80. The zero-order valence-electron chi connectivity index (χ0n) is 10.4. The molecule has 3 rings (SSSR count). The summed E-state index contributed by atoms with van der Waals surface area (Å²) in [7, 11) is 0. The highest BCUT2D eigenvalue weighted by atomic mass is 35.5. The maximum Gasteiger partial charge on any atom is 0.329 e. The van der Waals surface area contributed by atoms with Crippen LogP contribution >= 0.6 is 11.6 Å². The molecule has 2 heterocycles. The Morgan fingerprint density at radius 3 is 2.95 bits per heavy atom. The number of nitro groups is 1. The van der Waals surface area contributed by atoms with Gasteiger partial charge in [0.15, 0.2) is 0 Å². The molecule has 104 valence electrons. The molecule has 0 radical (unpaired) electrons. The normalized spacial score (nSPS) is 14.2. The van der Waals surface area contributed by atoms with Gasteiger partial charge >= 0.3 is 5.69 Å². The molecule has 1 saturated carbocycles. The molecule has 1 fully saturated rings. The number of anilines is 1. The van der Waals surface area contributed by atoms with Crippen LogP contribution in [0.3, 0.4) is 0 Å². The Kier molecular flexibility index (Phi) is 3.27. The third-order valence-corrected chi connectivity index (χ3v) is 3.27. The molecule has 2 aromatic rings. The average Bonchev–Trinajstić information content (AvgIpc) is 3.12. The van der Waals surface area contributed by atoms with E-state index in [4.69, 9.17) is 16.0 Å². The molecule has 0 atom stereocenters. The van der Waals surface area contributed by atoms with E-state index in [1.807, 2.05) is 11.0 Å². The molecule has 1 aliphatic carbocycles. The molecule has 2 aromatic heterocycles. The lowest BCUT2D eigenvalue weighted by Gasteiger charge is -2.21. The first kappa shape index (κ1) is 12.9. The molecule has 0 N–H and O–H groups in total. The van der Waals surface area contributed by atoms with E-state index in [1.54, 1.807) is 12.3 Å². The van der Waals surface area contributed by atoms with Gasteiger partial charge in [0, 0.05) is 6.04 Å². The zero-order valence-corrected chi connectivity index (χ0v) is 11.2. The van der Waals surface area contributed by atoms with Gasteiger partial charge in [-0.3, -0.25) is 10.1 Å². The van der Waals surface area contributed by atoms with Gasteiger partial charge < -0.3 is 9.32 Å². The minimum absolute atomic E-state index is 0.00399. The van der Waals surface area contributed by atoms with Gasteiger partial charge in [-0.2, -0.15) is 4.98 Å². The van der Waals surface area contributed by atoms with Crippen LogP contribution in [0.1, 0.15) is 18.6 Å². The molecule has 20 heavy (non-hydrogen) atoms. The lowest BCUT2D eigenvalue weighted by molar-refractivity contribution is -0.384. The van der Waals surface area contributed by atoms with Crippen molar-refractivity contribution in [2.45, 2.75) is 25.4 Å². The lowest BCUT2D eigenvalue weighted by Crippen LogP contribution is -2.26. The smallest absolute Gasteiger partial charge is 0.329 e. The van der Waals surface area contributed by atoms with Crippen molar-refractivity contribution >= 4 is 23.1 Å². The molecular formula is C12H11ClN4O3. The van der Waals surface area contributed by atoms with E-state index < -0.39 is 4.92 Å². The second-order valence-electron chi connectivity index (χ2n) is 4.54. The highest BCUT2D eigenvalue weighted by Crippen LogP contribution is 2.36. The van der Waals surface area contributed by atoms with Crippen LogP contribution in [0.5, 0.6) is 0 Å². The van der Waals surface area contributed by atoms with E-state index in [0.717, 1.165) is 24.8 Å². The van der Waals surface area contributed by atoms with E-state index >= 15 is 0 Å². The first-order chi connectivity index (χ1) is 9.65. The summed E-state index contributed by atoms with van der Waals surface area (Å²) in [5.74, 6) is 0.967. The first-order valence-corrected chi connectivity index (χ1v) is 6.49. The van der Waals surface area contributed by atoms with Gasteiger partial charge in [-0.1, -0.05) is 0 Å². The van der Waals surface area contributed by atoms with Crippen molar-refractivity contribution in [1.82, 2.24) is 9.97 Å². The molecule has 0 aromatic carbocycles. The van der Waals surface area contributed by atoms with Crippen molar-refractivity contribution in [3.8, 4) is 0 Å². The summed E-state index contributed by atoms with van der Waals surface area (Å²) in [4.78, 5) is 20.2. The number of hydrogen-bond acceptors (Lipinski definition) is 6. The summed E-state index contributed by atoms with van der Waals surface area (Å²) in [5, 5.41) is 11.1. The Morgan fingerprint density at radius 2 is 2.35 bits per heavy atom. The fourth-order valence-electron chi connectivity index (χ4n) is 2.02. The van der Waals surface area contributed by atoms with E-state index in [9.17, 15) is 10.1 Å². The summed E-state index contributed by atoms with van der Waals surface area (Å²) in [5.41, 5.74) is -0.146. The summed E-state index contributed by atoms with van der Waals surface area (Å²) in [6.45, 7) is 0.422. The number of aromatic nitrogens is 2. The molecule has 0 amide bonds. The Hall–Kier alpha value is -2.15. The average molecular weight is 295 g/mol.